The van der Waals surface area contributed by atoms with Crippen molar-refractivity contribution >= 4 is 11.9 Å². The molecule has 0 saturated carbocycles. The Morgan fingerprint density at radius 2 is 1.80 bits per heavy atom. The Balaban J connectivity index is 0. The molecule has 52 valence electrons. The van der Waals surface area contributed by atoms with E-state index >= 15 is 0 Å². The van der Waals surface area contributed by atoms with Crippen molar-refractivity contribution in [3.63, 3.8) is 0 Å². The van der Waals surface area contributed by atoms with Gasteiger partial charge in [0.15, 0.2) is 0 Å². The molecule has 1 aliphatic heterocycles. The minimum Gasteiger partial charge on any atom is -1.00 e. The van der Waals surface area contributed by atoms with Gasteiger partial charge in [0.2, 0.25) is 6.29 Å². The zero-order chi connectivity index (χ0) is 6.85. The first-order valence-electron chi connectivity index (χ1n) is 2.57. The summed E-state index contributed by atoms with van der Waals surface area (Å²) in [6.07, 6.45) is -0.969. The maximum Gasteiger partial charge on any atom is 1.00 e. The normalized spacial score (nSPS) is 18.9. The van der Waals surface area contributed by atoms with E-state index in [1.165, 1.54) is 6.92 Å². The predicted molar refractivity (Wildman–Crippen MR) is 27.4 cm³/mol. The number of ether oxygens (including phenoxy) is 2. The van der Waals surface area contributed by atoms with Crippen molar-refractivity contribution in [3.8, 4) is 0 Å². The quantitative estimate of drug-likeness (QED) is 0.220. The minimum atomic E-state index is -0.709. The number of rotatable bonds is 0. The molecule has 0 bridgehead atoms. The van der Waals surface area contributed by atoms with Gasteiger partial charge in [-0.2, -0.15) is 0 Å². The largest absolute Gasteiger partial charge is 1.00 e. The Hall–Kier alpha value is 0.576. The molecule has 1 rings (SSSR count). The molecule has 0 aromatic heterocycles. The number of esters is 2. The number of carbonyl (C=O) groups excluding carboxylic acids is 2. The summed E-state index contributed by atoms with van der Waals surface area (Å²) in [7, 11) is 0. The second-order valence-corrected chi connectivity index (χ2v) is 1.72. The summed E-state index contributed by atoms with van der Waals surface area (Å²) in [5.41, 5.74) is 0. The van der Waals surface area contributed by atoms with E-state index in [1.54, 1.807) is 0 Å². The second-order valence-electron chi connectivity index (χ2n) is 1.72. The minimum absolute atomic E-state index is 0. The van der Waals surface area contributed by atoms with E-state index in [0.717, 1.165) is 0 Å². The topological polar surface area (TPSA) is 52.6 Å². The monoisotopic (exact) mass is 170 g/mol. The first-order valence-corrected chi connectivity index (χ1v) is 2.57. The predicted octanol–water partition coefficient (Wildman–Crippen LogP) is -3.06. The van der Waals surface area contributed by atoms with E-state index < -0.39 is 18.2 Å². The third kappa shape index (κ3) is 3.11. The van der Waals surface area contributed by atoms with Crippen LogP contribution in [0.3, 0.4) is 0 Å². The van der Waals surface area contributed by atoms with Crippen molar-refractivity contribution in [1.82, 2.24) is 0 Å². The summed E-state index contributed by atoms with van der Waals surface area (Å²) in [5.74, 6) is -1.03. The zero-order valence-corrected chi connectivity index (χ0v) is 9.04. The van der Waals surface area contributed by atoms with Crippen molar-refractivity contribution in [2.24, 2.45) is 0 Å². The molecule has 10 heavy (non-hydrogen) atoms. The van der Waals surface area contributed by atoms with Gasteiger partial charge < -0.3 is 10.9 Å². The van der Waals surface area contributed by atoms with Crippen molar-refractivity contribution in [2.45, 2.75) is 19.6 Å². The Morgan fingerprint density at radius 3 is 2.10 bits per heavy atom. The van der Waals surface area contributed by atoms with Crippen molar-refractivity contribution in [1.29, 1.82) is 0 Å². The molecule has 1 aliphatic rings. The van der Waals surface area contributed by atoms with Gasteiger partial charge in [-0.1, -0.05) is 0 Å². The average molecular weight is 170 g/mol. The summed E-state index contributed by atoms with van der Waals surface area (Å²) >= 11 is 0. The Kier molecular flexibility index (Phi) is 4.71. The van der Waals surface area contributed by atoms with Crippen LogP contribution < -0.4 is 51.4 Å². The number of hydrogen-bond acceptors (Lipinski definition) is 4. The van der Waals surface area contributed by atoms with E-state index in [-0.39, 0.29) is 59.2 Å². The van der Waals surface area contributed by atoms with Gasteiger partial charge in [-0.25, -0.2) is 0 Å². The molecule has 0 amide bonds. The van der Waals surface area contributed by atoms with Gasteiger partial charge in [0.1, 0.15) is 6.42 Å². The molecule has 0 spiro atoms. The van der Waals surface area contributed by atoms with Gasteiger partial charge in [0.25, 0.3) is 0 Å². The fourth-order valence-electron chi connectivity index (χ4n) is 0.595. The Labute approximate surface area is 102 Å². The first kappa shape index (κ1) is 10.6. The smallest absolute Gasteiger partial charge is 1.00 e. The van der Waals surface area contributed by atoms with Crippen molar-refractivity contribution in [2.75, 3.05) is 0 Å². The SMILES string of the molecule is CC1OC(=O)CC(=O)O1.[H-].[K+]. The van der Waals surface area contributed by atoms with Crippen LogP contribution in [0.1, 0.15) is 14.8 Å². The summed E-state index contributed by atoms with van der Waals surface area (Å²) in [6.45, 7) is 1.50. The molecule has 0 unspecified atom stereocenters. The summed E-state index contributed by atoms with van der Waals surface area (Å²) in [6, 6.07) is 0. The molecule has 4 nitrogen and oxygen atoms in total. The molecular weight excluding hydrogens is 163 g/mol. The summed E-state index contributed by atoms with van der Waals surface area (Å²) in [5, 5.41) is 0. The third-order valence-electron chi connectivity index (χ3n) is 0.883. The molecule has 0 N–H and O–H groups in total. The van der Waals surface area contributed by atoms with Gasteiger partial charge in [-0.15, -0.1) is 0 Å². The van der Waals surface area contributed by atoms with Gasteiger partial charge in [-0.05, 0) is 0 Å². The van der Waals surface area contributed by atoms with Crippen LogP contribution in [0.5, 0.6) is 0 Å². The Bertz CT molecular complexity index is 145. The van der Waals surface area contributed by atoms with Crippen LogP contribution in [-0.4, -0.2) is 18.2 Å². The van der Waals surface area contributed by atoms with Crippen LogP contribution in [0.2, 0.25) is 0 Å². The zero-order valence-electron chi connectivity index (χ0n) is 6.92. The molecular formula is C5H7KO4. The van der Waals surface area contributed by atoms with E-state index in [1.807, 2.05) is 0 Å². The van der Waals surface area contributed by atoms with Gasteiger partial charge in [0, 0.05) is 6.92 Å². The van der Waals surface area contributed by atoms with Crippen molar-refractivity contribution in [3.05, 3.63) is 0 Å². The average Bonchev–Trinajstić information content (AvgIpc) is 1.59. The standard InChI is InChI=1S/C5H6O4.K.H/c1-3-8-4(6)2-5(7)9-3;;/h3H,2H2,1H3;;/q;+1;-1. The summed E-state index contributed by atoms with van der Waals surface area (Å²) in [4.78, 5) is 20.7. The van der Waals surface area contributed by atoms with Crippen LogP contribution in [-0.2, 0) is 19.1 Å². The van der Waals surface area contributed by atoms with E-state index in [0.29, 0.717) is 0 Å². The summed E-state index contributed by atoms with van der Waals surface area (Å²) < 4.78 is 8.95. The molecule has 0 aromatic carbocycles. The van der Waals surface area contributed by atoms with E-state index in [9.17, 15) is 9.59 Å². The van der Waals surface area contributed by atoms with Gasteiger partial charge >= 0.3 is 63.3 Å². The molecule has 0 radical (unpaired) electrons. The van der Waals surface area contributed by atoms with Crippen LogP contribution in [0, 0.1) is 0 Å². The van der Waals surface area contributed by atoms with E-state index in [2.05, 4.69) is 9.47 Å². The Morgan fingerprint density at radius 1 is 1.40 bits per heavy atom. The van der Waals surface area contributed by atoms with Gasteiger partial charge in [-0.3, -0.25) is 9.59 Å². The van der Waals surface area contributed by atoms with Gasteiger partial charge in [0.05, 0.1) is 0 Å². The molecule has 1 heterocycles. The van der Waals surface area contributed by atoms with Crippen LogP contribution in [0.4, 0.5) is 0 Å². The molecule has 0 aliphatic carbocycles. The fraction of sp³-hybridized carbons (Fsp3) is 0.600. The molecule has 1 fully saturated rings. The maximum atomic E-state index is 10.4. The van der Waals surface area contributed by atoms with Crippen LogP contribution in [0.15, 0.2) is 0 Å². The second kappa shape index (κ2) is 4.45. The molecule has 0 aromatic rings. The molecule has 1 saturated heterocycles. The van der Waals surface area contributed by atoms with Crippen LogP contribution >= 0.6 is 0 Å². The van der Waals surface area contributed by atoms with Crippen LogP contribution in [0.25, 0.3) is 0 Å². The third-order valence-corrected chi connectivity index (χ3v) is 0.883. The maximum absolute atomic E-state index is 10.4. The fourth-order valence-corrected chi connectivity index (χ4v) is 0.595. The number of carbonyl (C=O) groups is 2. The first-order chi connectivity index (χ1) is 4.18. The molecule has 0 atom stereocenters. The number of cyclic esters (lactones) is 2. The number of hydrogen-bond donors (Lipinski definition) is 0. The van der Waals surface area contributed by atoms with E-state index in [4.69, 9.17) is 0 Å². The van der Waals surface area contributed by atoms with Crippen molar-refractivity contribution < 1.29 is 71.9 Å². The molecule has 5 heteroatoms.